The molecule has 1 aromatic carbocycles. The smallest absolute Gasteiger partial charge is 0.325 e. The van der Waals surface area contributed by atoms with Crippen molar-refractivity contribution in [2.24, 2.45) is 0 Å². The number of pyridine rings is 1. The number of fused-ring (bicyclic) bond motifs is 1. The molecule has 0 spiro atoms. The van der Waals surface area contributed by atoms with Gasteiger partial charge in [0.15, 0.2) is 0 Å². The number of rotatable bonds is 1. The van der Waals surface area contributed by atoms with Gasteiger partial charge in [0.05, 0.1) is 16.8 Å². The molecular formula is C14H9N5OS. The minimum absolute atomic E-state index is 0.162. The van der Waals surface area contributed by atoms with Gasteiger partial charge >= 0.3 is 5.69 Å². The summed E-state index contributed by atoms with van der Waals surface area (Å²) in [5, 5.41) is 9.76. The molecule has 102 valence electrons. The molecule has 0 aliphatic rings. The number of anilines is 1. The Balaban J connectivity index is 2.50. The predicted octanol–water partition coefficient (Wildman–Crippen LogP) is 2.10. The van der Waals surface area contributed by atoms with Crippen molar-refractivity contribution in [3.63, 3.8) is 0 Å². The number of nitrogens with two attached hydrogens (primary N) is 1. The quantitative estimate of drug-likeness (QED) is 0.595. The number of nitriles is 1. The van der Waals surface area contributed by atoms with Crippen LogP contribution >= 0.6 is 12.2 Å². The van der Waals surface area contributed by atoms with Crippen LogP contribution < -0.4 is 11.4 Å². The molecule has 0 saturated heterocycles. The molecule has 0 unspecified atom stereocenters. The number of hydrogen-bond acceptors (Lipinski definition) is 5. The molecule has 3 rings (SSSR count). The molecule has 0 saturated carbocycles. The summed E-state index contributed by atoms with van der Waals surface area (Å²) in [5.74, 6) is 0. The van der Waals surface area contributed by atoms with Crippen molar-refractivity contribution < 1.29 is 0 Å². The number of hydrogen-bond donors (Lipinski definition) is 3. The molecule has 0 radical (unpaired) electrons. The zero-order valence-electron chi connectivity index (χ0n) is 10.7. The van der Waals surface area contributed by atoms with Gasteiger partial charge in [0.2, 0.25) is 0 Å². The van der Waals surface area contributed by atoms with Crippen molar-refractivity contribution >= 4 is 28.9 Å². The van der Waals surface area contributed by atoms with Crippen LogP contribution in [-0.2, 0) is 0 Å². The Morgan fingerprint density at radius 3 is 2.62 bits per heavy atom. The average molecular weight is 295 g/mol. The lowest BCUT2D eigenvalue weighted by atomic mass is 10.0. The highest BCUT2D eigenvalue weighted by Gasteiger charge is 2.16. The SMILES string of the molecule is N#Cc1c(-c2ccccc2)nc2[nH]c(=O)[nH]c(=S)c2c1N. The highest BCUT2D eigenvalue weighted by molar-refractivity contribution is 7.71. The molecule has 3 aromatic rings. The van der Waals surface area contributed by atoms with E-state index >= 15 is 0 Å². The zero-order chi connectivity index (χ0) is 15.0. The van der Waals surface area contributed by atoms with E-state index in [0.717, 1.165) is 5.56 Å². The van der Waals surface area contributed by atoms with E-state index in [0.29, 0.717) is 11.1 Å². The van der Waals surface area contributed by atoms with Crippen LogP contribution in [0.1, 0.15) is 5.56 Å². The number of nitrogens with one attached hydrogen (secondary N) is 2. The maximum absolute atomic E-state index is 11.5. The first-order valence-electron chi connectivity index (χ1n) is 6.03. The number of H-pyrrole nitrogens is 2. The number of aromatic amines is 2. The summed E-state index contributed by atoms with van der Waals surface area (Å²) in [7, 11) is 0. The van der Waals surface area contributed by atoms with E-state index in [1.165, 1.54) is 0 Å². The molecule has 0 aliphatic heterocycles. The Kier molecular flexibility index (Phi) is 3.01. The molecule has 0 atom stereocenters. The standard InChI is InChI=1S/C14H9N5OS/c15-6-8-10(16)9-12(18-14(20)19-13(9)21)17-11(8)7-4-2-1-3-5-7/h1-5H,(H4,16,17,18,19,20,21). The van der Waals surface area contributed by atoms with Crippen LogP contribution in [0.5, 0.6) is 0 Å². The second kappa shape index (κ2) is 4.85. The van der Waals surface area contributed by atoms with E-state index in [1.807, 2.05) is 30.3 Å². The van der Waals surface area contributed by atoms with Crippen molar-refractivity contribution in [1.29, 1.82) is 5.26 Å². The van der Waals surface area contributed by atoms with Crippen LogP contribution in [0.4, 0.5) is 5.69 Å². The lowest BCUT2D eigenvalue weighted by molar-refractivity contribution is 1.08. The van der Waals surface area contributed by atoms with Gasteiger partial charge in [-0.25, -0.2) is 9.78 Å². The third-order valence-electron chi connectivity index (χ3n) is 3.08. The first-order valence-corrected chi connectivity index (χ1v) is 6.44. The predicted molar refractivity (Wildman–Crippen MR) is 82.1 cm³/mol. The van der Waals surface area contributed by atoms with Crippen molar-refractivity contribution in [1.82, 2.24) is 15.0 Å². The van der Waals surface area contributed by atoms with E-state index in [9.17, 15) is 10.1 Å². The van der Waals surface area contributed by atoms with Crippen LogP contribution in [0.25, 0.3) is 22.3 Å². The van der Waals surface area contributed by atoms with Gasteiger partial charge in [-0.3, -0.25) is 9.97 Å². The molecule has 2 aromatic heterocycles. The van der Waals surface area contributed by atoms with Crippen LogP contribution in [0.15, 0.2) is 35.1 Å². The molecular weight excluding hydrogens is 286 g/mol. The van der Waals surface area contributed by atoms with Gasteiger partial charge in [-0.2, -0.15) is 5.26 Å². The zero-order valence-corrected chi connectivity index (χ0v) is 11.5. The second-order valence-corrected chi connectivity index (χ2v) is 4.77. The Morgan fingerprint density at radius 2 is 1.95 bits per heavy atom. The van der Waals surface area contributed by atoms with E-state index < -0.39 is 5.69 Å². The highest BCUT2D eigenvalue weighted by atomic mass is 32.1. The van der Waals surface area contributed by atoms with Crippen LogP contribution in [-0.4, -0.2) is 15.0 Å². The van der Waals surface area contributed by atoms with Crippen LogP contribution in [0.2, 0.25) is 0 Å². The summed E-state index contributed by atoms with van der Waals surface area (Å²) in [5.41, 5.74) is 7.44. The first kappa shape index (κ1) is 13.0. The van der Waals surface area contributed by atoms with E-state index in [2.05, 4.69) is 21.0 Å². The van der Waals surface area contributed by atoms with Crippen molar-refractivity contribution in [2.45, 2.75) is 0 Å². The van der Waals surface area contributed by atoms with Gasteiger partial charge in [0.1, 0.15) is 21.9 Å². The molecule has 6 nitrogen and oxygen atoms in total. The number of nitrogen functional groups attached to an aromatic ring is 1. The summed E-state index contributed by atoms with van der Waals surface area (Å²) in [4.78, 5) is 20.8. The third-order valence-corrected chi connectivity index (χ3v) is 3.39. The fourth-order valence-electron chi connectivity index (χ4n) is 2.15. The summed E-state index contributed by atoms with van der Waals surface area (Å²) in [6.07, 6.45) is 0. The lowest BCUT2D eigenvalue weighted by Crippen LogP contribution is -2.12. The number of aromatic nitrogens is 3. The largest absolute Gasteiger partial charge is 0.397 e. The highest BCUT2D eigenvalue weighted by Crippen LogP contribution is 2.30. The van der Waals surface area contributed by atoms with Gasteiger partial charge < -0.3 is 5.73 Å². The van der Waals surface area contributed by atoms with E-state index in [4.69, 9.17) is 18.0 Å². The molecule has 4 N–H and O–H groups in total. The summed E-state index contributed by atoms with van der Waals surface area (Å²) in [6.45, 7) is 0. The molecule has 0 amide bonds. The van der Waals surface area contributed by atoms with E-state index in [-0.39, 0.29) is 21.5 Å². The molecule has 0 aliphatic carbocycles. The monoisotopic (exact) mass is 295 g/mol. The van der Waals surface area contributed by atoms with Gasteiger partial charge in [-0.1, -0.05) is 42.5 Å². The van der Waals surface area contributed by atoms with Gasteiger partial charge in [-0.15, -0.1) is 0 Å². The molecule has 7 heteroatoms. The van der Waals surface area contributed by atoms with Crippen LogP contribution in [0, 0.1) is 16.0 Å². The minimum atomic E-state index is -0.469. The lowest BCUT2D eigenvalue weighted by Gasteiger charge is -2.09. The topological polar surface area (TPSA) is 111 Å². The molecule has 0 fully saturated rings. The number of benzene rings is 1. The summed E-state index contributed by atoms with van der Waals surface area (Å²) < 4.78 is 0.162. The number of nitrogens with zero attached hydrogens (tertiary/aromatic N) is 2. The molecule has 0 bridgehead atoms. The van der Waals surface area contributed by atoms with E-state index in [1.54, 1.807) is 0 Å². The molecule has 21 heavy (non-hydrogen) atoms. The third kappa shape index (κ3) is 2.07. The van der Waals surface area contributed by atoms with Crippen molar-refractivity contribution in [3.8, 4) is 17.3 Å². The maximum atomic E-state index is 11.5. The fourth-order valence-corrected chi connectivity index (χ4v) is 2.45. The van der Waals surface area contributed by atoms with Crippen molar-refractivity contribution in [3.05, 3.63) is 51.0 Å². The maximum Gasteiger partial charge on any atom is 0.325 e. The Hall–Kier alpha value is -2.98. The van der Waals surface area contributed by atoms with Crippen LogP contribution in [0.3, 0.4) is 0 Å². The second-order valence-electron chi connectivity index (χ2n) is 4.36. The summed E-state index contributed by atoms with van der Waals surface area (Å²) >= 11 is 5.09. The fraction of sp³-hybridized carbons (Fsp3) is 0. The Morgan fingerprint density at radius 1 is 1.24 bits per heavy atom. The summed E-state index contributed by atoms with van der Waals surface area (Å²) in [6, 6.07) is 11.2. The minimum Gasteiger partial charge on any atom is -0.397 e. The van der Waals surface area contributed by atoms with Gasteiger partial charge in [-0.05, 0) is 0 Å². The molecule has 2 heterocycles. The Bertz CT molecular complexity index is 998. The normalized spacial score (nSPS) is 10.4. The average Bonchev–Trinajstić information content (AvgIpc) is 2.47. The first-order chi connectivity index (χ1) is 10.1. The van der Waals surface area contributed by atoms with Crippen molar-refractivity contribution in [2.75, 3.05) is 5.73 Å². The van der Waals surface area contributed by atoms with Gasteiger partial charge in [0, 0.05) is 5.56 Å². The Labute approximate surface area is 123 Å². The van der Waals surface area contributed by atoms with Gasteiger partial charge in [0.25, 0.3) is 0 Å².